The highest BCUT2D eigenvalue weighted by Gasteiger charge is 2.17. The Morgan fingerprint density at radius 2 is 2.00 bits per heavy atom. The predicted molar refractivity (Wildman–Crippen MR) is 103 cm³/mol. The zero-order valence-electron chi connectivity index (χ0n) is 15.7. The lowest BCUT2D eigenvalue weighted by Gasteiger charge is -2.05. The first-order chi connectivity index (χ1) is 13.0. The van der Waals surface area contributed by atoms with Gasteiger partial charge in [-0.3, -0.25) is 4.68 Å². The second-order valence-electron chi connectivity index (χ2n) is 6.30. The minimum absolute atomic E-state index is 0.406. The Bertz CT molecular complexity index is 1170. The number of ether oxygens (including phenoxy) is 2. The maximum Gasteiger partial charge on any atom is 0.338 e. The van der Waals surface area contributed by atoms with Crippen LogP contribution < -0.4 is 4.74 Å². The van der Waals surface area contributed by atoms with Crippen molar-refractivity contribution in [2.24, 2.45) is 0 Å². The van der Waals surface area contributed by atoms with E-state index >= 15 is 0 Å². The van der Waals surface area contributed by atoms with E-state index in [1.54, 1.807) is 19.2 Å². The minimum Gasteiger partial charge on any atom is -0.495 e. The zero-order valence-corrected chi connectivity index (χ0v) is 15.7. The fourth-order valence-electron chi connectivity index (χ4n) is 3.38. The van der Waals surface area contributed by atoms with Crippen molar-refractivity contribution in [1.29, 1.82) is 0 Å². The first-order valence-electron chi connectivity index (χ1n) is 8.69. The van der Waals surface area contributed by atoms with Gasteiger partial charge in [0.25, 0.3) is 0 Å². The number of methoxy groups -OCH3 is 2. The SMILES string of the molecule is CCn1nc(C)cc1-c1ccc2c(n1)[nH]c1c(OC)cc(C(=O)OC)cc12. The van der Waals surface area contributed by atoms with E-state index in [1.807, 2.05) is 29.8 Å². The maximum atomic E-state index is 12.0. The van der Waals surface area contributed by atoms with Crippen LogP contribution in [0.1, 0.15) is 23.0 Å². The molecule has 0 aliphatic rings. The third-order valence-electron chi connectivity index (χ3n) is 4.64. The number of hydrogen-bond donors (Lipinski definition) is 1. The molecule has 0 radical (unpaired) electrons. The first kappa shape index (κ1) is 17.1. The first-order valence-corrected chi connectivity index (χ1v) is 8.69. The number of fused-ring (bicyclic) bond motifs is 3. The summed E-state index contributed by atoms with van der Waals surface area (Å²) in [7, 11) is 2.93. The number of aromatic nitrogens is 4. The van der Waals surface area contributed by atoms with E-state index in [4.69, 9.17) is 14.5 Å². The molecule has 4 aromatic rings. The fraction of sp³-hybridized carbons (Fsp3) is 0.250. The van der Waals surface area contributed by atoms with E-state index in [2.05, 4.69) is 17.0 Å². The molecular weight excluding hydrogens is 344 g/mol. The normalized spacial score (nSPS) is 11.3. The average Bonchev–Trinajstić information content (AvgIpc) is 3.25. The van der Waals surface area contributed by atoms with Crippen LogP contribution in [0.15, 0.2) is 30.3 Å². The van der Waals surface area contributed by atoms with Gasteiger partial charge in [0, 0.05) is 17.3 Å². The molecule has 0 saturated heterocycles. The van der Waals surface area contributed by atoms with Gasteiger partial charge in [0.15, 0.2) is 0 Å². The lowest BCUT2D eigenvalue weighted by atomic mass is 10.1. The van der Waals surface area contributed by atoms with E-state index in [0.717, 1.165) is 45.6 Å². The van der Waals surface area contributed by atoms with Gasteiger partial charge in [-0.1, -0.05) is 0 Å². The summed E-state index contributed by atoms with van der Waals surface area (Å²) in [4.78, 5) is 20.1. The van der Waals surface area contributed by atoms with Gasteiger partial charge in [-0.15, -0.1) is 0 Å². The van der Waals surface area contributed by atoms with Crippen molar-refractivity contribution in [2.45, 2.75) is 20.4 Å². The summed E-state index contributed by atoms with van der Waals surface area (Å²) in [5, 5.41) is 6.27. The maximum absolute atomic E-state index is 12.0. The lowest BCUT2D eigenvalue weighted by Crippen LogP contribution is -2.01. The highest BCUT2D eigenvalue weighted by atomic mass is 16.5. The van der Waals surface area contributed by atoms with Crippen LogP contribution in [0.2, 0.25) is 0 Å². The van der Waals surface area contributed by atoms with E-state index < -0.39 is 5.97 Å². The van der Waals surface area contributed by atoms with Crippen molar-refractivity contribution >= 4 is 27.9 Å². The van der Waals surface area contributed by atoms with Crippen LogP contribution in [-0.4, -0.2) is 39.9 Å². The molecule has 0 spiro atoms. The van der Waals surface area contributed by atoms with Crippen LogP contribution >= 0.6 is 0 Å². The predicted octanol–water partition coefficient (Wildman–Crippen LogP) is 3.70. The van der Waals surface area contributed by atoms with Crippen LogP contribution in [0.4, 0.5) is 0 Å². The number of aromatic amines is 1. The highest BCUT2D eigenvalue weighted by molar-refractivity contribution is 6.10. The minimum atomic E-state index is -0.406. The fourth-order valence-corrected chi connectivity index (χ4v) is 3.38. The van der Waals surface area contributed by atoms with Crippen LogP contribution in [0.3, 0.4) is 0 Å². The van der Waals surface area contributed by atoms with Crippen molar-refractivity contribution in [2.75, 3.05) is 14.2 Å². The Labute approximate surface area is 155 Å². The van der Waals surface area contributed by atoms with Crippen molar-refractivity contribution in [3.63, 3.8) is 0 Å². The van der Waals surface area contributed by atoms with Gasteiger partial charge in [-0.25, -0.2) is 9.78 Å². The van der Waals surface area contributed by atoms with Gasteiger partial charge < -0.3 is 14.5 Å². The summed E-state index contributed by atoms with van der Waals surface area (Å²) >= 11 is 0. The van der Waals surface area contributed by atoms with E-state index in [1.165, 1.54) is 7.11 Å². The van der Waals surface area contributed by atoms with E-state index in [9.17, 15) is 4.79 Å². The molecule has 138 valence electrons. The number of nitrogens with one attached hydrogen (secondary N) is 1. The summed E-state index contributed by atoms with van der Waals surface area (Å²) in [6.45, 7) is 4.79. The van der Waals surface area contributed by atoms with Crippen molar-refractivity contribution < 1.29 is 14.3 Å². The van der Waals surface area contributed by atoms with Gasteiger partial charge in [0.05, 0.1) is 42.4 Å². The summed E-state index contributed by atoms with van der Waals surface area (Å²) in [5.41, 5.74) is 4.72. The molecule has 1 N–H and O–H groups in total. The Hall–Kier alpha value is -3.35. The Morgan fingerprint density at radius 1 is 1.19 bits per heavy atom. The second-order valence-corrected chi connectivity index (χ2v) is 6.30. The molecule has 7 nitrogen and oxygen atoms in total. The molecule has 3 aromatic heterocycles. The Balaban J connectivity index is 1.95. The molecule has 4 rings (SSSR count). The van der Waals surface area contributed by atoms with Gasteiger partial charge in [0.2, 0.25) is 0 Å². The van der Waals surface area contributed by atoms with Crippen molar-refractivity contribution in [1.82, 2.24) is 19.7 Å². The van der Waals surface area contributed by atoms with Crippen LogP contribution in [0.5, 0.6) is 5.75 Å². The summed E-state index contributed by atoms with van der Waals surface area (Å²) < 4.78 is 12.2. The number of carbonyl (C=O) groups is 1. The number of H-pyrrole nitrogens is 1. The van der Waals surface area contributed by atoms with Crippen molar-refractivity contribution in [3.05, 3.63) is 41.6 Å². The van der Waals surface area contributed by atoms with Gasteiger partial charge in [-0.05, 0) is 44.2 Å². The van der Waals surface area contributed by atoms with Gasteiger partial charge >= 0.3 is 5.97 Å². The third-order valence-corrected chi connectivity index (χ3v) is 4.64. The molecule has 0 atom stereocenters. The third kappa shape index (κ3) is 2.71. The Kier molecular flexibility index (Phi) is 4.07. The molecule has 3 heterocycles. The number of hydrogen-bond acceptors (Lipinski definition) is 5. The quantitative estimate of drug-likeness (QED) is 0.558. The van der Waals surface area contributed by atoms with Crippen LogP contribution in [-0.2, 0) is 11.3 Å². The number of esters is 1. The van der Waals surface area contributed by atoms with Crippen LogP contribution in [0.25, 0.3) is 33.3 Å². The monoisotopic (exact) mass is 364 g/mol. The molecule has 0 unspecified atom stereocenters. The average molecular weight is 364 g/mol. The summed E-state index contributed by atoms with van der Waals surface area (Å²) in [5.74, 6) is 0.165. The van der Waals surface area contributed by atoms with Crippen LogP contribution in [0, 0.1) is 6.92 Å². The standard InChI is InChI=1S/C20H20N4O3/c1-5-24-16(8-11(2)23-24)15-7-6-13-14-9-12(20(25)27-4)10-17(26-3)18(14)22-19(13)21-15/h6-10H,5H2,1-4H3,(H,21,22). The molecule has 0 fully saturated rings. The largest absolute Gasteiger partial charge is 0.495 e. The number of nitrogens with zero attached hydrogens (tertiary/aromatic N) is 3. The smallest absolute Gasteiger partial charge is 0.338 e. The topological polar surface area (TPSA) is 82.0 Å². The summed E-state index contributed by atoms with van der Waals surface area (Å²) in [6, 6.07) is 9.45. The number of aryl methyl sites for hydroxylation is 2. The number of benzene rings is 1. The van der Waals surface area contributed by atoms with E-state index in [0.29, 0.717) is 11.3 Å². The molecular formula is C20H20N4O3. The molecule has 0 bridgehead atoms. The number of pyridine rings is 1. The molecule has 0 saturated carbocycles. The number of rotatable bonds is 4. The summed E-state index contributed by atoms with van der Waals surface area (Å²) in [6.07, 6.45) is 0. The molecule has 0 aliphatic heterocycles. The van der Waals surface area contributed by atoms with Gasteiger partial charge in [0.1, 0.15) is 11.4 Å². The molecule has 1 aromatic carbocycles. The second kappa shape index (κ2) is 6.42. The molecule has 0 amide bonds. The lowest BCUT2D eigenvalue weighted by molar-refractivity contribution is 0.0600. The van der Waals surface area contributed by atoms with Gasteiger partial charge in [-0.2, -0.15) is 5.10 Å². The van der Waals surface area contributed by atoms with Crippen molar-refractivity contribution in [3.8, 4) is 17.1 Å². The van der Waals surface area contributed by atoms with E-state index in [-0.39, 0.29) is 0 Å². The number of carbonyl (C=O) groups excluding carboxylic acids is 1. The molecule has 27 heavy (non-hydrogen) atoms. The molecule has 0 aliphatic carbocycles. The highest BCUT2D eigenvalue weighted by Crippen LogP contribution is 2.34. The molecule has 7 heteroatoms. The Morgan fingerprint density at radius 3 is 2.70 bits per heavy atom. The zero-order chi connectivity index (χ0) is 19.1.